The van der Waals surface area contributed by atoms with Crippen LogP contribution >= 0.6 is 0 Å². The van der Waals surface area contributed by atoms with Crippen LogP contribution in [0.15, 0.2) is 29.8 Å². The molecule has 0 aromatic heterocycles. The van der Waals surface area contributed by atoms with E-state index < -0.39 is 11.8 Å². The Kier molecular flexibility index (Phi) is 5.70. The number of aromatic hydroxyl groups is 1. The molecule has 0 atom stereocenters. The van der Waals surface area contributed by atoms with E-state index in [0.29, 0.717) is 5.56 Å². The summed E-state index contributed by atoms with van der Waals surface area (Å²) in [7, 11) is 3.96. The number of phenols is 1. The van der Waals surface area contributed by atoms with Gasteiger partial charge in [-0.05, 0) is 23.8 Å². The number of rotatable bonds is 5. The summed E-state index contributed by atoms with van der Waals surface area (Å²) >= 11 is 0. The van der Waals surface area contributed by atoms with E-state index in [2.05, 4.69) is 10.3 Å². The Labute approximate surface area is 116 Å². The molecule has 2 amide bonds. The van der Waals surface area contributed by atoms with E-state index in [0.717, 1.165) is 5.06 Å². The molecule has 0 aliphatic carbocycles. The number of nitrogens with one attached hydrogen (secondary N) is 1. The Morgan fingerprint density at radius 1 is 1.25 bits per heavy atom. The second-order valence-corrected chi connectivity index (χ2v) is 3.77. The highest BCUT2D eigenvalue weighted by molar-refractivity contribution is 6.21. The number of nitrogens with zero attached hydrogens (tertiary/aromatic N) is 1. The highest BCUT2D eigenvalue weighted by Crippen LogP contribution is 2.14. The van der Waals surface area contributed by atoms with Crippen LogP contribution in [0.1, 0.15) is 5.56 Å². The van der Waals surface area contributed by atoms with Crippen molar-refractivity contribution < 1.29 is 24.4 Å². The fourth-order valence-electron chi connectivity index (χ4n) is 1.36. The van der Waals surface area contributed by atoms with E-state index in [4.69, 9.17) is 4.84 Å². The fraction of sp³-hybridized carbons (Fsp3) is 0.231. The minimum Gasteiger partial charge on any atom is -0.508 e. The predicted octanol–water partition coefficient (Wildman–Crippen LogP) is 0.473. The average molecular weight is 280 g/mol. The first kappa shape index (κ1) is 15.7. The predicted molar refractivity (Wildman–Crippen MR) is 71.0 cm³/mol. The van der Waals surface area contributed by atoms with Gasteiger partial charge in [-0.3, -0.25) is 19.3 Å². The lowest BCUT2D eigenvalue weighted by Crippen LogP contribution is -2.35. The molecule has 0 saturated heterocycles. The third-order valence-corrected chi connectivity index (χ3v) is 2.43. The Morgan fingerprint density at radius 3 is 2.35 bits per heavy atom. The van der Waals surface area contributed by atoms with Gasteiger partial charge in [0.25, 0.3) is 11.8 Å². The van der Waals surface area contributed by atoms with E-state index in [1.807, 2.05) is 0 Å². The molecule has 1 aromatic rings. The summed E-state index contributed by atoms with van der Waals surface area (Å²) in [6.07, 6.45) is 1.37. The Balaban J connectivity index is 3.12. The lowest BCUT2D eigenvalue weighted by Gasteiger charge is -2.15. The maximum absolute atomic E-state index is 12.0. The summed E-state index contributed by atoms with van der Waals surface area (Å²) in [6, 6.07) is 6.02. The zero-order valence-corrected chi connectivity index (χ0v) is 11.4. The minimum atomic E-state index is -0.700. The smallest absolute Gasteiger partial charge is 0.282 e. The molecule has 1 aromatic carbocycles. The fourth-order valence-corrected chi connectivity index (χ4v) is 1.36. The highest BCUT2D eigenvalue weighted by atomic mass is 16.7. The monoisotopic (exact) mass is 280 g/mol. The Hall–Kier alpha value is -2.38. The maximum atomic E-state index is 12.0. The van der Waals surface area contributed by atoms with Crippen molar-refractivity contribution in [2.24, 2.45) is 0 Å². The molecular weight excluding hydrogens is 264 g/mol. The molecule has 0 fully saturated rings. The molecule has 0 spiro atoms. The SMILES string of the molecule is CONC(=O)/C(=C\c1ccc(O)cc1)C(=O)N(C)OC. The number of hydroxylamine groups is 3. The van der Waals surface area contributed by atoms with Crippen molar-refractivity contribution in [2.45, 2.75) is 0 Å². The van der Waals surface area contributed by atoms with Gasteiger partial charge in [-0.25, -0.2) is 10.5 Å². The Bertz CT molecular complexity index is 510. The van der Waals surface area contributed by atoms with Crippen LogP contribution in [-0.2, 0) is 19.3 Å². The van der Waals surface area contributed by atoms with E-state index in [1.54, 1.807) is 12.1 Å². The van der Waals surface area contributed by atoms with E-state index >= 15 is 0 Å². The number of carbonyl (C=O) groups is 2. The Morgan fingerprint density at radius 2 is 1.85 bits per heavy atom. The molecule has 0 aliphatic heterocycles. The summed E-state index contributed by atoms with van der Waals surface area (Å²) in [5.41, 5.74) is 2.48. The largest absolute Gasteiger partial charge is 0.508 e. The summed E-state index contributed by atoms with van der Waals surface area (Å²) in [5.74, 6) is -1.24. The second-order valence-electron chi connectivity index (χ2n) is 3.77. The van der Waals surface area contributed by atoms with Crippen molar-refractivity contribution in [1.29, 1.82) is 0 Å². The molecule has 7 nitrogen and oxygen atoms in total. The van der Waals surface area contributed by atoms with Crippen LogP contribution in [0, 0.1) is 0 Å². The third kappa shape index (κ3) is 4.08. The minimum absolute atomic E-state index is 0.0883. The molecule has 7 heteroatoms. The molecule has 0 aliphatic rings. The molecule has 0 heterocycles. The number of hydrogen-bond acceptors (Lipinski definition) is 5. The number of likely N-dealkylation sites (N-methyl/N-ethyl adjacent to an activating group) is 1. The number of amides is 2. The van der Waals surface area contributed by atoms with Crippen molar-refractivity contribution in [3.05, 3.63) is 35.4 Å². The van der Waals surface area contributed by atoms with E-state index in [9.17, 15) is 14.7 Å². The van der Waals surface area contributed by atoms with Gasteiger partial charge in [0.05, 0.1) is 14.2 Å². The van der Waals surface area contributed by atoms with Crippen LogP contribution in [0.2, 0.25) is 0 Å². The molecular formula is C13H16N2O5. The zero-order chi connectivity index (χ0) is 15.1. The van der Waals surface area contributed by atoms with Crippen molar-refractivity contribution in [3.8, 4) is 5.75 Å². The van der Waals surface area contributed by atoms with Crippen molar-refractivity contribution in [1.82, 2.24) is 10.5 Å². The van der Waals surface area contributed by atoms with E-state index in [1.165, 1.54) is 39.5 Å². The summed E-state index contributed by atoms with van der Waals surface area (Å²) in [6.45, 7) is 0. The molecule has 0 saturated carbocycles. The molecule has 0 bridgehead atoms. The lowest BCUT2D eigenvalue weighted by molar-refractivity contribution is -0.165. The van der Waals surface area contributed by atoms with Crippen LogP contribution in [0.3, 0.4) is 0 Å². The summed E-state index contributed by atoms with van der Waals surface area (Å²) < 4.78 is 0. The van der Waals surface area contributed by atoms with Gasteiger partial charge < -0.3 is 5.11 Å². The summed E-state index contributed by atoms with van der Waals surface area (Å²) in [5, 5.41) is 10.1. The van der Waals surface area contributed by atoms with Crippen LogP contribution in [-0.4, -0.2) is 43.3 Å². The molecule has 108 valence electrons. The van der Waals surface area contributed by atoms with Gasteiger partial charge in [0, 0.05) is 7.05 Å². The van der Waals surface area contributed by atoms with Crippen molar-refractivity contribution in [2.75, 3.05) is 21.3 Å². The standard InChI is InChI=1S/C13H16N2O5/c1-15(20-3)13(18)11(12(17)14-19-2)8-9-4-6-10(16)7-5-9/h4-8,16H,1-3H3,(H,14,17)/b11-8+. The molecule has 2 N–H and O–H groups in total. The zero-order valence-electron chi connectivity index (χ0n) is 11.4. The molecule has 0 radical (unpaired) electrons. The normalized spacial score (nSPS) is 11.1. The lowest BCUT2D eigenvalue weighted by atomic mass is 10.1. The first-order valence-corrected chi connectivity index (χ1v) is 5.65. The van der Waals surface area contributed by atoms with E-state index in [-0.39, 0.29) is 11.3 Å². The quantitative estimate of drug-likeness (QED) is 0.354. The number of benzene rings is 1. The van der Waals surface area contributed by atoms with Crippen LogP contribution in [0.5, 0.6) is 5.75 Å². The topological polar surface area (TPSA) is 88.1 Å². The van der Waals surface area contributed by atoms with Gasteiger partial charge in [0.1, 0.15) is 11.3 Å². The van der Waals surface area contributed by atoms with Crippen molar-refractivity contribution >= 4 is 17.9 Å². The van der Waals surface area contributed by atoms with Gasteiger partial charge in [-0.1, -0.05) is 12.1 Å². The number of carbonyl (C=O) groups excluding carboxylic acids is 2. The van der Waals surface area contributed by atoms with Gasteiger partial charge in [-0.15, -0.1) is 0 Å². The number of hydrogen-bond donors (Lipinski definition) is 2. The molecule has 20 heavy (non-hydrogen) atoms. The molecule has 1 rings (SSSR count). The van der Waals surface area contributed by atoms with Gasteiger partial charge in [-0.2, -0.15) is 0 Å². The summed E-state index contributed by atoms with van der Waals surface area (Å²) in [4.78, 5) is 33.1. The average Bonchev–Trinajstić information content (AvgIpc) is 2.45. The van der Waals surface area contributed by atoms with Gasteiger partial charge >= 0.3 is 0 Å². The maximum Gasteiger partial charge on any atom is 0.282 e. The second kappa shape index (κ2) is 7.27. The molecule has 0 unspecified atom stereocenters. The first-order valence-electron chi connectivity index (χ1n) is 5.65. The number of phenolic OH excluding ortho intramolecular Hbond substituents is 1. The third-order valence-electron chi connectivity index (χ3n) is 2.43. The van der Waals surface area contributed by atoms with Crippen LogP contribution < -0.4 is 5.48 Å². The first-order chi connectivity index (χ1) is 9.49. The van der Waals surface area contributed by atoms with Crippen LogP contribution in [0.4, 0.5) is 0 Å². The van der Waals surface area contributed by atoms with Crippen LogP contribution in [0.25, 0.3) is 6.08 Å². The van der Waals surface area contributed by atoms with Gasteiger partial charge in [0.15, 0.2) is 0 Å². The van der Waals surface area contributed by atoms with Crippen molar-refractivity contribution in [3.63, 3.8) is 0 Å². The van der Waals surface area contributed by atoms with Gasteiger partial charge in [0.2, 0.25) is 0 Å². The highest BCUT2D eigenvalue weighted by Gasteiger charge is 2.22.